The fourth-order valence-corrected chi connectivity index (χ4v) is 2.65. The summed E-state index contributed by atoms with van der Waals surface area (Å²) in [6.45, 7) is 14.1. The van der Waals surface area contributed by atoms with Gasteiger partial charge in [-0.05, 0) is 45.2 Å². The highest BCUT2D eigenvalue weighted by atomic mass is 16.3. The molecular formula is C16H29NO. The maximum atomic E-state index is 5.76. The zero-order valence-electron chi connectivity index (χ0n) is 12.9. The average molecular weight is 251 g/mol. The van der Waals surface area contributed by atoms with Crippen molar-refractivity contribution in [2.75, 3.05) is 6.54 Å². The van der Waals surface area contributed by atoms with Gasteiger partial charge in [-0.25, -0.2) is 0 Å². The van der Waals surface area contributed by atoms with Gasteiger partial charge in [0.2, 0.25) is 0 Å². The van der Waals surface area contributed by atoms with E-state index in [-0.39, 0.29) is 0 Å². The molecule has 0 aliphatic heterocycles. The van der Waals surface area contributed by atoms with Gasteiger partial charge in [0.15, 0.2) is 0 Å². The molecule has 0 spiro atoms. The van der Waals surface area contributed by atoms with Crippen LogP contribution in [0, 0.1) is 26.7 Å². The van der Waals surface area contributed by atoms with Crippen LogP contribution < -0.4 is 5.32 Å². The van der Waals surface area contributed by atoms with Gasteiger partial charge in [-0.15, -0.1) is 0 Å². The first-order chi connectivity index (χ1) is 8.47. The first-order valence-electron chi connectivity index (χ1n) is 7.27. The van der Waals surface area contributed by atoms with E-state index < -0.39 is 0 Å². The van der Waals surface area contributed by atoms with E-state index in [1.54, 1.807) is 0 Å². The van der Waals surface area contributed by atoms with E-state index in [4.69, 9.17) is 4.42 Å². The Kier molecular flexibility index (Phi) is 5.94. The highest BCUT2D eigenvalue weighted by Crippen LogP contribution is 2.30. The number of hydrogen-bond acceptors (Lipinski definition) is 2. The van der Waals surface area contributed by atoms with Crippen molar-refractivity contribution in [2.24, 2.45) is 5.92 Å². The third kappa shape index (κ3) is 3.88. The number of furan rings is 1. The molecule has 1 aromatic rings. The lowest BCUT2D eigenvalue weighted by atomic mass is 9.95. The van der Waals surface area contributed by atoms with Gasteiger partial charge in [0.05, 0.1) is 0 Å². The summed E-state index contributed by atoms with van der Waals surface area (Å²) in [5, 5.41) is 3.61. The summed E-state index contributed by atoms with van der Waals surface area (Å²) >= 11 is 0. The van der Waals surface area contributed by atoms with Crippen LogP contribution in [-0.4, -0.2) is 6.54 Å². The second kappa shape index (κ2) is 6.98. The normalized spacial score (nSPS) is 13.3. The molecule has 1 rings (SSSR count). The summed E-state index contributed by atoms with van der Waals surface area (Å²) in [5.41, 5.74) is 2.71. The van der Waals surface area contributed by atoms with Gasteiger partial charge in [0, 0.05) is 11.6 Å². The minimum absolute atomic E-state index is 0.450. The average Bonchev–Trinajstić information content (AvgIpc) is 2.52. The fraction of sp³-hybridized carbons (Fsp3) is 0.750. The highest BCUT2D eigenvalue weighted by Gasteiger charge is 2.20. The molecule has 2 nitrogen and oxygen atoms in total. The third-order valence-electron chi connectivity index (χ3n) is 3.69. The summed E-state index contributed by atoms with van der Waals surface area (Å²) in [6.07, 6.45) is 3.78. The quantitative estimate of drug-likeness (QED) is 0.761. The largest absolute Gasteiger partial charge is 0.466 e. The van der Waals surface area contributed by atoms with E-state index >= 15 is 0 Å². The van der Waals surface area contributed by atoms with Gasteiger partial charge in [0.1, 0.15) is 11.5 Å². The standard InChI is InChI=1S/C16H29NO/c1-7-17-15(10-8-9-11(2)3)16-12(4)13(5)18-14(16)6/h11,15,17H,7-10H2,1-6H3. The summed E-state index contributed by atoms with van der Waals surface area (Å²) < 4.78 is 5.76. The van der Waals surface area contributed by atoms with Crippen molar-refractivity contribution in [3.05, 3.63) is 22.6 Å². The van der Waals surface area contributed by atoms with Crippen molar-refractivity contribution in [3.8, 4) is 0 Å². The smallest absolute Gasteiger partial charge is 0.106 e. The lowest BCUT2D eigenvalue weighted by Gasteiger charge is -2.19. The number of nitrogens with one attached hydrogen (secondary N) is 1. The lowest BCUT2D eigenvalue weighted by molar-refractivity contribution is 0.442. The Bertz CT molecular complexity index is 365. The Morgan fingerprint density at radius 3 is 2.17 bits per heavy atom. The molecule has 1 heterocycles. The van der Waals surface area contributed by atoms with E-state index in [1.807, 2.05) is 0 Å². The Labute approximate surface area is 112 Å². The minimum Gasteiger partial charge on any atom is -0.466 e. The van der Waals surface area contributed by atoms with Crippen LogP contribution >= 0.6 is 0 Å². The molecule has 0 aliphatic carbocycles. The van der Waals surface area contributed by atoms with Crippen LogP contribution in [0.1, 0.15) is 68.7 Å². The highest BCUT2D eigenvalue weighted by molar-refractivity contribution is 5.34. The van der Waals surface area contributed by atoms with Crippen molar-refractivity contribution in [1.29, 1.82) is 0 Å². The molecule has 1 aromatic heterocycles. The Morgan fingerprint density at radius 2 is 1.72 bits per heavy atom. The van der Waals surface area contributed by atoms with Gasteiger partial charge >= 0.3 is 0 Å². The molecule has 104 valence electrons. The molecule has 1 atom stereocenters. The maximum Gasteiger partial charge on any atom is 0.106 e. The first-order valence-corrected chi connectivity index (χ1v) is 7.27. The van der Waals surface area contributed by atoms with E-state index in [9.17, 15) is 0 Å². The third-order valence-corrected chi connectivity index (χ3v) is 3.69. The van der Waals surface area contributed by atoms with Crippen LogP contribution in [0.3, 0.4) is 0 Å². The second-order valence-electron chi connectivity index (χ2n) is 5.69. The van der Waals surface area contributed by atoms with Crippen LogP contribution in [0.5, 0.6) is 0 Å². The summed E-state index contributed by atoms with van der Waals surface area (Å²) in [5.74, 6) is 2.94. The van der Waals surface area contributed by atoms with E-state index in [1.165, 1.54) is 30.4 Å². The Morgan fingerprint density at radius 1 is 1.06 bits per heavy atom. The molecule has 18 heavy (non-hydrogen) atoms. The van der Waals surface area contributed by atoms with Crippen molar-refractivity contribution < 1.29 is 4.42 Å². The van der Waals surface area contributed by atoms with Crippen molar-refractivity contribution in [3.63, 3.8) is 0 Å². The van der Waals surface area contributed by atoms with Crippen molar-refractivity contribution in [1.82, 2.24) is 5.32 Å². The summed E-state index contributed by atoms with van der Waals surface area (Å²) in [4.78, 5) is 0. The molecule has 0 saturated heterocycles. The van der Waals surface area contributed by atoms with Gasteiger partial charge in [-0.2, -0.15) is 0 Å². The maximum absolute atomic E-state index is 5.76. The van der Waals surface area contributed by atoms with Crippen molar-refractivity contribution in [2.45, 2.75) is 66.8 Å². The monoisotopic (exact) mass is 251 g/mol. The molecular weight excluding hydrogens is 222 g/mol. The Hall–Kier alpha value is -0.760. The zero-order chi connectivity index (χ0) is 13.7. The fourth-order valence-electron chi connectivity index (χ4n) is 2.65. The predicted molar refractivity (Wildman–Crippen MR) is 78.0 cm³/mol. The molecule has 0 aromatic carbocycles. The van der Waals surface area contributed by atoms with Crippen LogP contribution in [-0.2, 0) is 0 Å². The number of aryl methyl sites for hydroxylation is 2. The molecule has 0 radical (unpaired) electrons. The van der Waals surface area contributed by atoms with Crippen LogP contribution in [0.25, 0.3) is 0 Å². The zero-order valence-corrected chi connectivity index (χ0v) is 12.9. The molecule has 0 bridgehead atoms. The van der Waals surface area contributed by atoms with E-state index in [2.05, 4.69) is 46.9 Å². The van der Waals surface area contributed by atoms with Gasteiger partial charge in [0.25, 0.3) is 0 Å². The SMILES string of the molecule is CCNC(CCCC(C)C)c1c(C)oc(C)c1C. The Balaban J connectivity index is 2.77. The molecule has 0 fully saturated rings. The molecule has 1 N–H and O–H groups in total. The van der Waals surface area contributed by atoms with Gasteiger partial charge in [-0.1, -0.05) is 33.6 Å². The van der Waals surface area contributed by atoms with Crippen LogP contribution in [0.4, 0.5) is 0 Å². The first kappa shape index (κ1) is 15.3. The van der Waals surface area contributed by atoms with Crippen LogP contribution in [0.15, 0.2) is 4.42 Å². The predicted octanol–water partition coefficient (Wildman–Crippen LogP) is 4.68. The molecule has 0 saturated carbocycles. The summed E-state index contributed by atoms with van der Waals surface area (Å²) in [6, 6.07) is 0.450. The van der Waals surface area contributed by atoms with Crippen molar-refractivity contribution >= 4 is 0 Å². The topological polar surface area (TPSA) is 25.2 Å². The molecule has 1 unspecified atom stereocenters. The van der Waals surface area contributed by atoms with E-state index in [0.717, 1.165) is 24.0 Å². The van der Waals surface area contributed by atoms with Crippen LogP contribution in [0.2, 0.25) is 0 Å². The minimum atomic E-state index is 0.450. The molecule has 0 amide bonds. The van der Waals surface area contributed by atoms with Gasteiger partial charge in [-0.3, -0.25) is 0 Å². The molecule has 2 heteroatoms. The molecule has 0 aliphatic rings. The van der Waals surface area contributed by atoms with E-state index in [0.29, 0.717) is 6.04 Å². The summed E-state index contributed by atoms with van der Waals surface area (Å²) in [7, 11) is 0. The second-order valence-corrected chi connectivity index (χ2v) is 5.69. The van der Waals surface area contributed by atoms with Gasteiger partial charge < -0.3 is 9.73 Å². The number of rotatable bonds is 7. The number of hydrogen-bond donors (Lipinski definition) is 1. The lowest BCUT2D eigenvalue weighted by Crippen LogP contribution is -2.22.